The molecule has 12 heavy (non-hydrogen) atoms. The highest BCUT2D eigenvalue weighted by atomic mass is 32.1. The van der Waals surface area contributed by atoms with Gasteiger partial charge in [-0.2, -0.15) is 0 Å². The Balaban J connectivity index is 2.45. The standard InChI is InChI=1S/C10H8NS/c1-8-7-12-10(11-8)9-5-3-2-4-6-9/h2-3,5-7H,1H3. The van der Waals surface area contributed by atoms with E-state index in [1.165, 1.54) is 0 Å². The van der Waals surface area contributed by atoms with Crippen molar-refractivity contribution in [2.45, 2.75) is 6.92 Å². The van der Waals surface area contributed by atoms with E-state index in [0.717, 1.165) is 16.3 Å². The summed E-state index contributed by atoms with van der Waals surface area (Å²) in [5, 5.41) is 3.13. The summed E-state index contributed by atoms with van der Waals surface area (Å²) in [6.07, 6.45) is 0. The van der Waals surface area contributed by atoms with Gasteiger partial charge in [-0.05, 0) is 19.1 Å². The first-order valence-electron chi connectivity index (χ1n) is 3.75. The van der Waals surface area contributed by atoms with E-state index in [1.54, 1.807) is 11.3 Å². The number of aryl methyl sites for hydroxylation is 1. The maximum atomic E-state index is 4.38. The lowest BCUT2D eigenvalue weighted by Crippen LogP contribution is -1.74. The van der Waals surface area contributed by atoms with E-state index in [1.807, 2.05) is 25.1 Å². The Morgan fingerprint density at radius 1 is 1.50 bits per heavy atom. The minimum Gasteiger partial charge on any atom is -0.241 e. The lowest BCUT2D eigenvalue weighted by Gasteiger charge is -1.92. The summed E-state index contributed by atoms with van der Waals surface area (Å²) < 4.78 is 0. The molecule has 0 amide bonds. The number of aromatic nitrogens is 1. The van der Waals surface area contributed by atoms with Gasteiger partial charge in [-0.25, -0.2) is 4.98 Å². The molecule has 0 aliphatic rings. The number of rotatable bonds is 1. The van der Waals surface area contributed by atoms with Crippen molar-refractivity contribution in [1.29, 1.82) is 0 Å². The molecule has 0 saturated heterocycles. The average Bonchev–Trinajstić information content (AvgIpc) is 2.54. The molecule has 1 aromatic carbocycles. The third-order valence-corrected chi connectivity index (χ3v) is 2.58. The van der Waals surface area contributed by atoms with Crippen LogP contribution in [0.15, 0.2) is 29.6 Å². The second-order valence-corrected chi connectivity index (χ2v) is 3.44. The highest BCUT2D eigenvalue weighted by Crippen LogP contribution is 2.22. The Bertz CT molecular complexity index is 364. The molecule has 1 aromatic heterocycles. The van der Waals surface area contributed by atoms with Crippen molar-refractivity contribution >= 4 is 11.3 Å². The first-order chi connectivity index (χ1) is 5.86. The summed E-state index contributed by atoms with van der Waals surface area (Å²) >= 11 is 1.67. The molecule has 0 spiro atoms. The zero-order chi connectivity index (χ0) is 8.39. The molecule has 0 N–H and O–H groups in total. The van der Waals surface area contributed by atoms with Crippen molar-refractivity contribution in [2.24, 2.45) is 0 Å². The SMILES string of the molecule is Cc1csc(-c2c[c]ccc2)n1. The third kappa shape index (κ3) is 1.38. The molecule has 1 nitrogen and oxygen atoms in total. The van der Waals surface area contributed by atoms with Crippen LogP contribution in [0.1, 0.15) is 5.69 Å². The maximum absolute atomic E-state index is 4.38. The van der Waals surface area contributed by atoms with Crippen LogP contribution in [0.2, 0.25) is 0 Å². The number of thiazole rings is 1. The van der Waals surface area contributed by atoms with Gasteiger partial charge in [0, 0.05) is 16.6 Å². The molecule has 0 aliphatic carbocycles. The van der Waals surface area contributed by atoms with Crippen LogP contribution >= 0.6 is 11.3 Å². The van der Waals surface area contributed by atoms with Gasteiger partial charge in [-0.3, -0.25) is 0 Å². The van der Waals surface area contributed by atoms with E-state index in [9.17, 15) is 0 Å². The Kier molecular flexibility index (Phi) is 1.92. The molecule has 0 fully saturated rings. The van der Waals surface area contributed by atoms with Crippen LogP contribution < -0.4 is 0 Å². The van der Waals surface area contributed by atoms with Crippen molar-refractivity contribution < 1.29 is 0 Å². The van der Waals surface area contributed by atoms with E-state index in [0.29, 0.717) is 0 Å². The topological polar surface area (TPSA) is 12.9 Å². The van der Waals surface area contributed by atoms with Crippen molar-refractivity contribution in [2.75, 3.05) is 0 Å². The summed E-state index contributed by atoms with van der Waals surface area (Å²) in [5.74, 6) is 0. The molecular formula is C10H8NS. The minimum atomic E-state index is 1.07. The fraction of sp³-hybridized carbons (Fsp3) is 0.100. The molecule has 0 saturated carbocycles. The molecular weight excluding hydrogens is 166 g/mol. The van der Waals surface area contributed by atoms with Crippen molar-refractivity contribution in [3.63, 3.8) is 0 Å². The number of benzene rings is 1. The van der Waals surface area contributed by atoms with Crippen molar-refractivity contribution in [3.05, 3.63) is 41.4 Å². The van der Waals surface area contributed by atoms with Gasteiger partial charge in [0.2, 0.25) is 0 Å². The van der Waals surface area contributed by atoms with E-state index >= 15 is 0 Å². The number of nitrogens with zero attached hydrogens (tertiary/aromatic N) is 1. The fourth-order valence-electron chi connectivity index (χ4n) is 1.01. The predicted octanol–water partition coefficient (Wildman–Crippen LogP) is 2.92. The first-order valence-corrected chi connectivity index (χ1v) is 4.63. The number of hydrogen-bond acceptors (Lipinski definition) is 2. The van der Waals surface area contributed by atoms with Crippen LogP contribution in [-0.4, -0.2) is 4.98 Å². The monoisotopic (exact) mass is 174 g/mol. The van der Waals surface area contributed by atoms with Crippen LogP contribution in [0.5, 0.6) is 0 Å². The van der Waals surface area contributed by atoms with Gasteiger partial charge >= 0.3 is 0 Å². The Morgan fingerprint density at radius 3 is 3.00 bits per heavy atom. The minimum absolute atomic E-state index is 1.07. The van der Waals surface area contributed by atoms with Crippen molar-refractivity contribution in [3.8, 4) is 10.6 Å². The molecule has 0 unspecified atom stereocenters. The smallest absolute Gasteiger partial charge is 0.123 e. The molecule has 59 valence electrons. The lowest BCUT2D eigenvalue weighted by molar-refractivity contribution is 1.27. The zero-order valence-corrected chi connectivity index (χ0v) is 7.56. The highest BCUT2D eigenvalue weighted by Gasteiger charge is 1.99. The van der Waals surface area contributed by atoms with Crippen LogP contribution in [-0.2, 0) is 0 Å². The normalized spacial score (nSPS) is 10.1. The quantitative estimate of drug-likeness (QED) is 0.647. The van der Waals surface area contributed by atoms with Gasteiger partial charge in [0.1, 0.15) is 5.01 Å². The average molecular weight is 174 g/mol. The largest absolute Gasteiger partial charge is 0.241 e. The Morgan fingerprint density at radius 2 is 2.42 bits per heavy atom. The summed E-state index contributed by atoms with van der Waals surface area (Å²) in [6.45, 7) is 2.01. The van der Waals surface area contributed by atoms with Crippen molar-refractivity contribution in [1.82, 2.24) is 4.98 Å². The second-order valence-electron chi connectivity index (χ2n) is 2.59. The lowest BCUT2D eigenvalue weighted by atomic mass is 10.2. The summed E-state index contributed by atoms with van der Waals surface area (Å²) in [5.41, 5.74) is 2.23. The first kappa shape index (κ1) is 7.50. The molecule has 2 heteroatoms. The summed E-state index contributed by atoms with van der Waals surface area (Å²) in [6, 6.07) is 10.9. The van der Waals surface area contributed by atoms with Crippen LogP contribution in [0.25, 0.3) is 10.6 Å². The second kappa shape index (κ2) is 3.07. The molecule has 2 aromatic rings. The third-order valence-electron chi connectivity index (χ3n) is 1.57. The molecule has 1 radical (unpaired) electrons. The molecule has 0 atom stereocenters. The Hall–Kier alpha value is -1.15. The number of hydrogen-bond donors (Lipinski definition) is 0. The van der Waals surface area contributed by atoms with Gasteiger partial charge in [-0.1, -0.05) is 18.2 Å². The highest BCUT2D eigenvalue weighted by molar-refractivity contribution is 7.13. The maximum Gasteiger partial charge on any atom is 0.123 e. The van der Waals surface area contributed by atoms with E-state index in [-0.39, 0.29) is 0 Å². The van der Waals surface area contributed by atoms with E-state index in [2.05, 4.69) is 22.5 Å². The van der Waals surface area contributed by atoms with Gasteiger partial charge in [0.25, 0.3) is 0 Å². The molecule has 0 bridgehead atoms. The Labute approximate surface area is 75.7 Å². The van der Waals surface area contributed by atoms with E-state index in [4.69, 9.17) is 0 Å². The van der Waals surface area contributed by atoms with Gasteiger partial charge in [0.15, 0.2) is 0 Å². The summed E-state index contributed by atoms with van der Waals surface area (Å²) in [7, 11) is 0. The zero-order valence-electron chi connectivity index (χ0n) is 6.74. The van der Waals surface area contributed by atoms with Crippen LogP contribution in [0, 0.1) is 13.0 Å². The molecule has 1 heterocycles. The van der Waals surface area contributed by atoms with Gasteiger partial charge in [0.05, 0.1) is 0 Å². The molecule has 2 rings (SSSR count). The van der Waals surface area contributed by atoms with Crippen LogP contribution in [0.3, 0.4) is 0 Å². The van der Waals surface area contributed by atoms with Crippen LogP contribution in [0.4, 0.5) is 0 Å². The van der Waals surface area contributed by atoms with Gasteiger partial charge < -0.3 is 0 Å². The van der Waals surface area contributed by atoms with E-state index < -0.39 is 0 Å². The molecule has 0 aliphatic heterocycles. The predicted molar refractivity (Wildman–Crippen MR) is 51.1 cm³/mol. The fourth-order valence-corrected chi connectivity index (χ4v) is 1.81. The summed E-state index contributed by atoms with van der Waals surface area (Å²) in [4.78, 5) is 4.38. The van der Waals surface area contributed by atoms with Gasteiger partial charge in [-0.15, -0.1) is 11.3 Å².